The summed E-state index contributed by atoms with van der Waals surface area (Å²) in [6.45, 7) is 4.40. The number of fused-ring (bicyclic) bond motifs is 2. The van der Waals surface area contributed by atoms with Gasteiger partial charge >= 0.3 is 0 Å². The van der Waals surface area contributed by atoms with Gasteiger partial charge in [-0.15, -0.1) is 0 Å². The molecule has 0 aromatic heterocycles. The van der Waals surface area contributed by atoms with Crippen LogP contribution < -0.4 is 4.74 Å². The van der Waals surface area contributed by atoms with Gasteiger partial charge in [0.2, 0.25) is 5.91 Å². The van der Waals surface area contributed by atoms with Crippen molar-refractivity contribution in [3.05, 3.63) is 29.8 Å². The average molecular weight is 483 g/mol. The highest BCUT2D eigenvalue weighted by Crippen LogP contribution is 2.39. The minimum absolute atomic E-state index is 0.0423. The smallest absolute Gasteiger partial charge is 0.257 e. The van der Waals surface area contributed by atoms with Gasteiger partial charge in [-0.2, -0.15) is 0 Å². The van der Waals surface area contributed by atoms with Gasteiger partial charge < -0.3 is 19.3 Å². The van der Waals surface area contributed by atoms with E-state index in [-0.39, 0.29) is 17.4 Å². The van der Waals surface area contributed by atoms with Crippen LogP contribution >= 0.6 is 0 Å². The van der Waals surface area contributed by atoms with E-state index in [9.17, 15) is 9.59 Å². The van der Waals surface area contributed by atoms with Crippen LogP contribution in [0.15, 0.2) is 24.3 Å². The minimum atomic E-state index is 0.0423. The molecule has 1 spiro atoms. The second kappa shape index (κ2) is 11.3. The van der Waals surface area contributed by atoms with Gasteiger partial charge in [0.15, 0.2) is 0 Å². The summed E-state index contributed by atoms with van der Waals surface area (Å²) >= 11 is 0. The first-order valence-corrected chi connectivity index (χ1v) is 14.0. The zero-order chi connectivity index (χ0) is 24.1. The Kier molecular flexibility index (Phi) is 7.96. The number of ether oxygens (including phenoxy) is 2. The standard InChI is InChI=1S/C29H42N2O4/c32-27(20-23-8-1-2-9-23)30-17-14-29(15-18-30)13-5-6-19-34-21-24-10-7-16-31(24)28(33)25-11-3-4-12-26(25)35-22-29/h3-4,11-12,23-24H,1-2,5-10,13-22H2/t24-/m0/s1. The third kappa shape index (κ3) is 5.84. The van der Waals surface area contributed by atoms with Crippen molar-refractivity contribution in [1.29, 1.82) is 0 Å². The number of piperidine rings is 1. The monoisotopic (exact) mass is 482 g/mol. The second-order valence-electron chi connectivity index (χ2n) is 11.3. The van der Waals surface area contributed by atoms with Crippen LogP contribution in [0.1, 0.15) is 87.4 Å². The highest BCUT2D eigenvalue weighted by Gasteiger charge is 2.38. The topological polar surface area (TPSA) is 59.1 Å². The first-order valence-electron chi connectivity index (χ1n) is 14.0. The van der Waals surface area contributed by atoms with E-state index >= 15 is 0 Å². The SMILES string of the molecule is O=C(CC1CCCC1)N1CCC2(CCCCOC[C@@H]3CCCN3C(=O)c3ccccc3OC2)CC1. The van der Waals surface area contributed by atoms with Gasteiger partial charge in [0.25, 0.3) is 5.91 Å². The lowest BCUT2D eigenvalue weighted by molar-refractivity contribution is -0.135. The number of carbonyl (C=O) groups is 2. The van der Waals surface area contributed by atoms with Crippen molar-refractivity contribution in [2.75, 3.05) is 39.5 Å². The number of benzene rings is 1. The zero-order valence-corrected chi connectivity index (χ0v) is 21.2. The lowest BCUT2D eigenvalue weighted by atomic mass is 9.75. The van der Waals surface area contributed by atoms with Gasteiger partial charge in [0, 0.05) is 38.1 Å². The maximum atomic E-state index is 13.5. The molecule has 3 fully saturated rings. The van der Waals surface area contributed by atoms with E-state index in [2.05, 4.69) is 4.90 Å². The Balaban J connectivity index is 1.28. The highest BCUT2D eigenvalue weighted by atomic mass is 16.5. The summed E-state index contributed by atoms with van der Waals surface area (Å²) in [7, 11) is 0. The summed E-state index contributed by atoms with van der Waals surface area (Å²) in [6, 6.07) is 7.88. The highest BCUT2D eigenvalue weighted by molar-refractivity contribution is 5.97. The quantitative estimate of drug-likeness (QED) is 0.591. The molecule has 2 saturated heterocycles. The van der Waals surface area contributed by atoms with Crippen molar-refractivity contribution in [2.45, 2.75) is 83.1 Å². The number of para-hydroxylation sites is 1. The van der Waals surface area contributed by atoms with Crippen LogP contribution in [-0.2, 0) is 9.53 Å². The Morgan fingerprint density at radius 1 is 0.943 bits per heavy atom. The Morgan fingerprint density at radius 3 is 2.57 bits per heavy atom. The summed E-state index contributed by atoms with van der Waals surface area (Å²) in [6.07, 6.45) is 12.9. The van der Waals surface area contributed by atoms with Crippen LogP contribution in [0.2, 0.25) is 0 Å². The van der Waals surface area contributed by atoms with E-state index < -0.39 is 0 Å². The van der Waals surface area contributed by atoms with Crippen LogP contribution in [0, 0.1) is 11.3 Å². The van der Waals surface area contributed by atoms with Crippen molar-refractivity contribution in [1.82, 2.24) is 9.80 Å². The molecule has 3 aliphatic heterocycles. The molecule has 1 aromatic carbocycles. The molecule has 1 aromatic rings. The molecule has 4 aliphatic rings. The predicted molar refractivity (Wildman–Crippen MR) is 135 cm³/mol. The number of rotatable bonds is 2. The first kappa shape index (κ1) is 24.6. The normalized spacial score (nSPS) is 26.2. The second-order valence-corrected chi connectivity index (χ2v) is 11.3. The maximum Gasteiger partial charge on any atom is 0.257 e. The van der Waals surface area contributed by atoms with E-state index in [1.54, 1.807) is 0 Å². The molecule has 0 bridgehead atoms. The molecule has 1 aliphatic carbocycles. The molecule has 1 atom stereocenters. The number of amides is 2. The summed E-state index contributed by atoms with van der Waals surface area (Å²) in [5.41, 5.74) is 0.705. The lowest BCUT2D eigenvalue weighted by Crippen LogP contribution is -2.46. The van der Waals surface area contributed by atoms with Crippen molar-refractivity contribution in [3.8, 4) is 5.75 Å². The van der Waals surface area contributed by atoms with E-state index in [1.165, 1.54) is 25.7 Å². The summed E-state index contributed by atoms with van der Waals surface area (Å²) in [5, 5.41) is 0. The summed E-state index contributed by atoms with van der Waals surface area (Å²) in [4.78, 5) is 30.5. The van der Waals surface area contributed by atoms with Crippen molar-refractivity contribution >= 4 is 11.8 Å². The van der Waals surface area contributed by atoms with Crippen LogP contribution in [0.5, 0.6) is 5.75 Å². The van der Waals surface area contributed by atoms with E-state index in [4.69, 9.17) is 9.47 Å². The van der Waals surface area contributed by atoms with Gasteiger partial charge in [-0.25, -0.2) is 0 Å². The Labute approximate surface area is 210 Å². The molecule has 0 N–H and O–H groups in total. The molecule has 0 radical (unpaired) electrons. The van der Waals surface area contributed by atoms with Gasteiger partial charge in [0.05, 0.1) is 24.8 Å². The number of hydrogen-bond donors (Lipinski definition) is 0. The fraction of sp³-hybridized carbons (Fsp3) is 0.724. The molecule has 192 valence electrons. The molecule has 3 heterocycles. The Bertz CT molecular complexity index is 873. The number of likely N-dealkylation sites (tertiary alicyclic amines) is 1. The van der Waals surface area contributed by atoms with Crippen molar-refractivity contribution in [2.24, 2.45) is 11.3 Å². The molecule has 1 saturated carbocycles. The number of carbonyl (C=O) groups excluding carboxylic acids is 2. The molecule has 6 nitrogen and oxygen atoms in total. The number of hydrogen-bond acceptors (Lipinski definition) is 4. The maximum absolute atomic E-state index is 13.5. The van der Waals surface area contributed by atoms with Crippen molar-refractivity contribution in [3.63, 3.8) is 0 Å². The first-order chi connectivity index (χ1) is 17.1. The molecular formula is C29H42N2O4. The molecular weight excluding hydrogens is 440 g/mol. The summed E-state index contributed by atoms with van der Waals surface area (Å²) in [5.74, 6) is 1.70. The molecule has 5 rings (SSSR count). The van der Waals surface area contributed by atoms with E-state index in [0.717, 1.165) is 77.6 Å². The average Bonchev–Trinajstić information content (AvgIpc) is 3.57. The van der Waals surface area contributed by atoms with Crippen molar-refractivity contribution < 1.29 is 19.1 Å². The largest absolute Gasteiger partial charge is 0.492 e. The lowest BCUT2D eigenvalue weighted by Gasteiger charge is -2.42. The third-order valence-corrected chi connectivity index (χ3v) is 8.96. The Morgan fingerprint density at radius 2 is 1.74 bits per heavy atom. The van der Waals surface area contributed by atoms with Gasteiger partial charge in [0.1, 0.15) is 5.75 Å². The predicted octanol–water partition coefficient (Wildman–Crippen LogP) is 5.06. The minimum Gasteiger partial charge on any atom is -0.492 e. The third-order valence-electron chi connectivity index (χ3n) is 8.96. The Hall–Kier alpha value is -2.08. The molecule has 35 heavy (non-hydrogen) atoms. The van der Waals surface area contributed by atoms with E-state index in [1.807, 2.05) is 29.2 Å². The molecule has 6 heteroatoms. The van der Waals surface area contributed by atoms with Crippen LogP contribution in [-0.4, -0.2) is 67.1 Å². The zero-order valence-electron chi connectivity index (χ0n) is 21.2. The van der Waals surface area contributed by atoms with Crippen LogP contribution in [0.3, 0.4) is 0 Å². The van der Waals surface area contributed by atoms with Gasteiger partial charge in [-0.3, -0.25) is 9.59 Å². The molecule has 0 unspecified atom stereocenters. The van der Waals surface area contributed by atoms with Gasteiger partial charge in [-0.05, 0) is 69.4 Å². The molecule has 2 amide bonds. The van der Waals surface area contributed by atoms with E-state index in [0.29, 0.717) is 36.4 Å². The van der Waals surface area contributed by atoms with Crippen LogP contribution in [0.4, 0.5) is 0 Å². The van der Waals surface area contributed by atoms with Crippen LogP contribution in [0.25, 0.3) is 0 Å². The number of nitrogens with zero attached hydrogens (tertiary/aromatic N) is 2. The summed E-state index contributed by atoms with van der Waals surface area (Å²) < 4.78 is 12.5. The fourth-order valence-corrected chi connectivity index (χ4v) is 6.64. The fourth-order valence-electron chi connectivity index (χ4n) is 6.64. The van der Waals surface area contributed by atoms with Gasteiger partial charge in [-0.1, -0.05) is 31.4 Å².